The Morgan fingerprint density at radius 2 is 1.27 bits per heavy atom. The van der Waals surface area contributed by atoms with Gasteiger partial charge in [0.2, 0.25) is 59.1 Å². The van der Waals surface area contributed by atoms with Gasteiger partial charge in [-0.2, -0.15) is 0 Å². The lowest BCUT2D eigenvalue weighted by Crippen LogP contribution is -2.60. The fourth-order valence-corrected chi connectivity index (χ4v) is 14.3. The van der Waals surface area contributed by atoms with Crippen LogP contribution in [0.2, 0.25) is 0 Å². The number of carbonyl (C=O) groups excluding carboxylic acids is 11. The smallest absolute Gasteiger partial charge is 0.312 e. The Labute approximate surface area is 636 Å². The number of nitrogens with one attached hydrogen (secondary N) is 8. The van der Waals surface area contributed by atoms with Gasteiger partial charge in [0.25, 0.3) is 0 Å². The normalized spacial score (nSPS) is 18.6. The van der Waals surface area contributed by atoms with Crippen molar-refractivity contribution < 1.29 is 71.7 Å². The molecule has 602 valence electrons. The number of unbranched alkanes of at least 4 members (excludes halogenated alkanes) is 2. The number of nitrogens with zero attached hydrogens (tertiary/aromatic N) is 4. The van der Waals surface area contributed by atoms with E-state index in [9.17, 15) is 52.7 Å². The summed E-state index contributed by atoms with van der Waals surface area (Å²) in [5.74, 6) is -5.39. The van der Waals surface area contributed by atoms with Gasteiger partial charge in [-0.1, -0.05) is 137 Å². The molecule has 2 heterocycles. The molecule has 2 aromatic carbocycles. The molecule has 2 saturated heterocycles. The summed E-state index contributed by atoms with van der Waals surface area (Å²) in [5, 5.41) is 22.9. The summed E-state index contributed by atoms with van der Waals surface area (Å²) in [4.78, 5) is 158. The van der Waals surface area contributed by atoms with Crippen LogP contribution in [0.15, 0.2) is 54.6 Å². The summed E-state index contributed by atoms with van der Waals surface area (Å²) in [6, 6.07) is 9.51. The molecule has 0 aromatic heterocycles. The van der Waals surface area contributed by atoms with Crippen LogP contribution in [-0.4, -0.2) is 233 Å². The van der Waals surface area contributed by atoms with Crippen LogP contribution in [-0.2, 0) is 79.9 Å². The van der Waals surface area contributed by atoms with E-state index in [0.717, 1.165) is 37.7 Å². The van der Waals surface area contributed by atoms with Crippen LogP contribution in [0.1, 0.15) is 178 Å². The van der Waals surface area contributed by atoms with Crippen LogP contribution in [0.25, 0.3) is 0 Å². The van der Waals surface area contributed by atoms with E-state index < -0.39 is 109 Å². The van der Waals surface area contributed by atoms with Crippen LogP contribution in [0.5, 0.6) is 0 Å². The number of benzene rings is 2. The molecule has 2 aliphatic rings. The minimum Gasteiger partial charge on any atom is -0.379 e. The number of urea groups is 1. The standard InChI is InChI=1S/C79H131N13O15/c1-18-21-23-28-52(9)70(89(13)14)77(101)88-68(50(6)7)78(102)90(15)69(51(8)19-2)63(104-16)45-65(94)92-39-27-32-62(92)71(105-17)55(12)72(96)86-61(44-56-29-24-22-25-30-56)74(98)82-46-57-33-35-59(36-34-57)84-75(99)60(31-26-38-81-79(80)103)85-76(100)67(49(4)5)87-64(93)47-106-41-42-107-48-66(95)91-40-37-58(43-54(91)11)73(97)83-53(10)20-3/h22,24-25,29-30,33-36,49-55,58,60-63,67-71H,18-21,23,26-28,31-32,37-48H2,1-17H3,(H,82,98)(H,83,97)(H,84,99)(H,85,100)(H,86,96)(H,87,93)(H,88,101)(H3,80,81,103)/t51-,52?,53?,54?,55+,58?,60-,61-,62-,63+,67-,68-,69-,70-,71+/m0/s1. The molecule has 0 saturated carbocycles. The highest BCUT2D eigenvalue weighted by Gasteiger charge is 2.44. The third-order valence-corrected chi connectivity index (χ3v) is 21.0. The highest BCUT2D eigenvalue weighted by atomic mass is 16.5. The maximum atomic E-state index is 14.8. The highest BCUT2D eigenvalue weighted by Crippen LogP contribution is 2.31. The Morgan fingerprint density at radius 3 is 1.86 bits per heavy atom. The van der Waals surface area contributed by atoms with Crippen molar-refractivity contribution in [3.05, 3.63) is 65.7 Å². The van der Waals surface area contributed by atoms with E-state index in [0.29, 0.717) is 56.4 Å². The van der Waals surface area contributed by atoms with Crippen molar-refractivity contribution in [3.63, 3.8) is 0 Å². The van der Waals surface area contributed by atoms with Crippen molar-refractivity contribution in [1.82, 2.24) is 56.8 Å². The molecule has 107 heavy (non-hydrogen) atoms. The number of carbonyl (C=O) groups is 11. The molecular weight excluding hydrogens is 1370 g/mol. The molecule has 2 fully saturated rings. The number of anilines is 1. The van der Waals surface area contributed by atoms with Gasteiger partial charge in [-0.3, -0.25) is 52.8 Å². The van der Waals surface area contributed by atoms with Crippen LogP contribution < -0.4 is 48.3 Å². The number of amides is 12. The van der Waals surface area contributed by atoms with Crippen molar-refractivity contribution in [3.8, 4) is 0 Å². The first-order chi connectivity index (χ1) is 50.8. The molecule has 0 bridgehead atoms. The van der Waals surface area contributed by atoms with E-state index in [2.05, 4.69) is 56.4 Å². The molecule has 28 nitrogen and oxygen atoms in total. The topological polar surface area (TPSA) is 360 Å². The zero-order valence-electron chi connectivity index (χ0n) is 67.1. The van der Waals surface area contributed by atoms with Crippen LogP contribution in [0.3, 0.4) is 0 Å². The van der Waals surface area contributed by atoms with Gasteiger partial charge in [-0.25, -0.2) is 4.79 Å². The lowest BCUT2D eigenvalue weighted by Gasteiger charge is -2.41. The summed E-state index contributed by atoms with van der Waals surface area (Å²) in [5.41, 5.74) is 7.09. The fraction of sp³-hybridized carbons (Fsp3) is 0.709. The Hall–Kier alpha value is -7.79. The molecule has 28 heteroatoms. The van der Waals surface area contributed by atoms with Crippen LogP contribution in [0, 0.1) is 35.5 Å². The molecule has 2 aliphatic heterocycles. The highest BCUT2D eigenvalue weighted by molar-refractivity contribution is 5.99. The van der Waals surface area contributed by atoms with Gasteiger partial charge in [-0.05, 0) is 126 Å². The molecule has 4 unspecified atom stereocenters. The molecule has 0 spiro atoms. The minimum absolute atomic E-state index is 0.00721. The van der Waals surface area contributed by atoms with Crippen molar-refractivity contribution >= 4 is 70.8 Å². The third-order valence-electron chi connectivity index (χ3n) is 21.0. The Bertz CT molecular complexity index is 3130. The first kappa shape index (κ1) is 91.6. The second-order valence-electron chi connectivity index (χ2n) is 30.2. The zero-order valence-corrected chi connectivity index (χ0v) is 67.1. The Balaban J connectivity index is 1.38. The molecule has 10 N–H and O–H groups in total. The summed E-state index contributed by atoms with van der Waals surface area (Å²) >= 11 is 0. The largest absolute Gasteiger partial charge is 0.379 e. The predicted octanol–water partition coefficient (Wildman–Crippen LogP) is 5.83. The van der Waals surface area contributed by atoms with E-state index in [1.54, 1.807) is 66.8 Å². The summed E-state index contributed by atoms with van der Waals surface area (Å²) in [7, 11) is 8.54. The number of primary amides is 1. The van der Waals surface area contributed by atoms with E-state index in [1.807, 2.05) is 97.8 Å². The van der Waals surface area contributed by atoms with Crippen LogP contribution in [0.4, 0.5) is 10.5 Å². The zero-order chi connectivity index (χ0) is 79.6. The average molecular weight is 1500 g/mol. The van der Waals surface area contributed by atoms with E-state index in [4.69, 9.17) is 24.7 Å². The molecule has 2 aromatic rings. The van der Waals surface area contributed by atoms with Crippen molar-refractivity contribution in [2.75, 3.05) is 86.7 Å². The van der Waals surface area contributed by atoms with Crippen molar-refractivity contribution in [2.45, 2.75) is 246 Å². The van der Waals surface area contributed by atoms with Gasteiger partial charge >= 0.3 is 6.03 Å². The number of hydrogen-bond acceptors (Lipinski definition) is 16. The first-order valence-corrected chi connectivity index (χ1v) is 38.8. The van der Waals surface area contributed by atoms with Gasteiger partial charge in [0.15, 0.2) is 0 Å². The van der Waals surface area contributed by atoms with Crippen LogP contribution >= 0.6 is 0 Å². The molecule has 0 aliphatic carbocycles. The average Bonchev–Trinajstić information content (AvgIpc) is 1.69. The number of hydrogen-bond donors (Lipinski definition) is 9. The van der Waals surface area contributed by atoms with Gasteiger partial charge in [0.1, 0.15) is 37.4 Å². The maximum Gasteiger partial charge on any atom is 0.312 e. The van der Waals surface area contributed by atoms with Gasteiger partial charge in [0, 0.05) is 77.6 Å². The first-order valence-electron chi connectivity index (χ1n) is 38.8. The van der Waals surface area contributed by atoms with E-state index in [-0.39, 0.29) is 124 Å². The SMILES string of the molecule is CCCCCC(C)[C@@H](C(=O)N[C@H](C(=O)N(C)[C@@H]([C@@H](C)CC)[C@@H](CC(=O)N1CCC[C@H]1[C@H](OC)[C@@H](C)C(=O)N[C@@H](Cc1ccccc1)C(=O)NCc1ccc(NC(=O)[C@H](CCCNC(N)=O)NC(=O)[C@@H](NC(=O)COCCOCC(=O)N2CCC(C(=O)NC(C)CC)CC2C)C(C)C)cc1)OC)C(C)C)N(C)C. The summed E-state index contributed by atoms with van der Waals surface area (Å²) in [6.07, 6.45) is 6.74. The number of nitrogens with two attached hydrogens (primary N) is 1. The van der Waals surface area contributed by atoms with Crippen molar-refractivity contribution in [1.29, 1.82) is 0 Å². The third kappa shape index (κ3) is 29.6. The summed E-state index contributed by atoms with van der Waals surface area (Å²) in [6.45, 7) is 23.5. The lowest BCUT2D eigenvalue weighted by molar-refractivity contribution is -0.148. The molecular formula is C79H131N13O15. The Kier molecular flexibility index (Phi) is 40.4. The quantitative estimate of drug-likeness (QED) is 0.0352. The monoisotopic (exact) mass is 1500 g/mol. The van der Waals surface area contributed by atoms with E-state index >= 15 is 0 Å². The van der Waals surface area contributed by atoms with E-state index in [1.165, 1.54) is 14.2 Å². The molecule has 0 radical (unpaired) electrons. The van der Waals surface area contributed by atoms with Gasteiger partial charge < -0.3 is 81.9 Å². The lowest BCUT2D eigenvalue weighted by atomic mass is 9.89. The second-order valence-corrected chi connectivity index (χ2v) is 30.2. The predicted molar refractivity (Wildman–Crippen MR) is 412 cm³/mol. The minimum atomic E-state index is -1.14. The molecule has 15 atom stereocenters. The maximum absolute atomic E-state index is 14.8. The number of ether oxygens (including phenoxy) is 4. The molecule has 12 amide bonds. The second kappa shape index (κ2) is 47.2. The number of likely N-dealkylation sites (N-methyl/N-ethyl adjacent to an activating group) is 2. The number of likely N-dealkylation sites (tertiary alicyclic amines) is 2. The number of rotatable bonds is 47. The Morgan fingerprint density at radius 1 is 0.617 bits per heavy atom. The number of piperidine rings is 1. The fourth-order valence-electron chi connectivity index (χ4n) is 14.3. The van der Waals surface area contributed by atoms with Crippen molar-refractivity contribution in [2.24, 2.45) is 41.2 Å². The van der Waals surface area contributed by atoms with Gasteiger partial charge in [0.05, 0.1) is 55.9 Å². The van der Waals surface area contributed by atoms with Gasteiger partial charge in [-0.15, -0.1) is 0 Å². The number of methoxy groups -OCH3 is 2. The molecule has 4 rings (SSSR count). The summed E-state index contributed by atoms with van der Waals surface area (Å²) < 4.78 is 23.4.